The molecule has 5 nitrogen and oxygen atoms in total. The first-order chi connectivity index (χ1) is 6.03. The Kier molecular flexibility index (Phi) is 2.91. The van der Waals surface area contributed by atoms with Crippen molar-refractivity contribution in [2.75, 3.05) is 14.2 Å². The Labute approximate surface area is 76.2 Å². The summed E-state index contributed by atoms with van der Waals surface area (Å²) in [4.78, 5) is 10.8. The van der Waals surface area contributed by atoms with Crippen molar-refractivity contribution in [2.24, 2.45) is 0 Å². The van der Waals surface area contributed by atoms with E-state index in [2.05, 4.69) is 0 Å². The van der Waals surface area contributed by atoms with Crippen LogP contribution in [0.4, 0.5) is 0 Å². The van der Waals surface area contributed by atoms with Gasteiger partial charge in [0.1, 0.15) is 5.76 Å². The van der Waals surface area contributed by atoms with Gasteiger partial charge in [0, 0.05) is 14.2 Å². The minimum Gasteiger partial charge on any atom is -0.430 e. The Morgan fingerprint density at radius 3 is 2.23 bits per heavy atom. The molecule has 0 N–H and O–H groups in total. The number of carbonyl (C=O) groups excluding carboxylic acids is 1. The van der Waals surface area contributed by atoms with E-state index in [0.717, 1.165) is 0 Å². The first-order valence-corrected chi connectivity index (χ1v) is 5.20. The van der Waals surface area contributed by atoms with E-state index in [1.165, 1.54) is 14.2 Å². The molecule has 0 unspecified atom stereocenters. The second-order valence-corrected chi connectivity index (χ2v) is 4.78. The number of hydrogen-bond acceptors (Lipinski definition) is 5. The molecule has 1 rings (SSSR count). The molecule has 0 saturated heterocycles. The fourth-order valence-corrected chi connectivity index (χ4v) is 2.46. The molecule has 1 heterocycles. The van der Waals surface area contributed by atoms with Crippen LogP contribution in [-0.4, -0.2) is 20.2 Å². The van der Waals surface area contributed by atoms with Gasteiger partial charge in [-0.2, -0.15) is 0 Å². The van der Waals surface area contributed by atoms with Gasteiger partial charge in [0.15, 0.2) is 0 Å². The minimum atomic E-state index is -3.29. The summed E-state index contributed by atoms with van der Waals surface area (Å²) in [6, 6.07) is 0. The zero-order chi connectivity index (χ0) is 10.1. The summed E-state index contributed by atoms with van der Waals surface area (Å²) >= 11 is 0. The molecule has 1 aliphatic heterocycles. The van der Waals surface area contributed by atoms with Gasteiger partial charge in [-0.05, 0) is 6.92 Å². The van der Waals surface area contributed by atoms with E-state index in [9.17, 15) is 9.36 Å². The highest BCUT2D eigenvalue weighted by molar-refractivity contribution is 7.58. The summed E-state index contributed by atoms with van der Waals surface area (Å²) in [5, 5.41) is 0.308. The topological polar surface area (TPSA) is 61.8 Å². The van der Waals surface area contributed by atoms with E-state index in [4.69, 9.17) is 13.8 Å². The van der Waals surface area contributed by atoms with Gasteiger partial charge in [-0.1, -0.05) is 0 Å². The highest BCUT2D eigenvalue weighted by Crippen LogP contribution is 2.58. The minimum absolute atomic E-state index is 0.0230. The first-order valence-electron chi connectivity index (χ1n) is 3.66. The third-order valence-corrected chi connectivity index (χ3v) is 3.89. The van der Waals surface area contributed by atoms with Crippen LogP contribution in [0.25, 0.3) is 0 Å². The molecule has 0 fully saturated rings. The van der Waals surface area contributed by atoms with Gasteiger partial charge in [-0.15, -0.1) is 0 Å². The third kappa shape index (κ3) is 1.82. The van der Waals surface area contributed by atoms with Gasteiger partial charge in [0.25, 0.3) is 0 Å². The van der Waals surface area contributed by atoms with Crippen molar-refractivity contribution in [3.05, 3.63) is 11.1 Å². The second kappa shape index (κ2) is 3.62. The number of carbonyl (C=O) groups is 1. The van der Waals surface area contributed by atoms with Gasteiger partial charge >= 0.3 is 13.6 Å². The molecule has 0 radical (unpaired) electrons. The maximum Gasteiger partial charge on any atom is 0.360 e. The molecule has 0 amide bonds. The summed E-state index contributed by atoms with van der Waals surface area (Å²) in [5.41, 5.74) is 0. The van der Waals surface area contributed by atoms with E-state index in [-0.39, 0.29) is 6.42 Å². The number of ether oxygens (including phenoxy) is 1. The molecule has 0 saturated carbocycles. The third-order valence-electron chi connectivity index (χ3n) is 1.80. The summed E-state index contributed by atoms with van der Waals surface area (Å²) in [6.07, 6.45) is -0.0230. The first kappa shape index (κ1) is 10.4. The fourth-order valence-electron chi connectivity index (χ4n) is 1.11. The van der Waals surface area contributed by atoms with Crippen LogP contribution in [0.15, 0.2) is 11.1 Å². The van der Waals surface area contributed by atoms with Gasteiger partial charge in [0.05, 0.1) is 11.7 Å². The van der Waals surface area contributed by atoms with E-state index in [0.29, 0.717) is 11.1 Å². The van der Waals surface area contributed by atoms with Gasteiger partial charge in [-0.3, -0.25) is 9.36 Å². The Morgan fingerprint density at radius 2 is 1.92 bits per heavy atom. The van der Waals surface area contributed by atoms with E-state index in [1.54, 1.807) is 6.92 Å². The van der Waals surface area contributed by atoms with Crippen molar-refractivity contribution in [3.8, 4) is 0 Å². The Hall–Kier alpha value is -0.640. The lowest BCUT2D eigenvalue weighted by Gasteiger charge is -2.13. The SMILES string of the molecule is COP(=O)(OC)C1=C(C)OC(=O)C1. The highest BCUT2D eigenvalue weighted by Gasteiger charge is 2.36. The predicted molar refractivity (Wildman–Crippen MR) is 45.0 cm³/mol. The molecule has 0 aliphatic carbocycles. The lowest BCUT2D eigenvalue weighted by Crippen LogP contribution is -1.94. The van der Waals surface area contributed by atoms with Crippen molar-refractivity contribution >= 4 is 13.6 Å². The number of hydrogen-bond donors (Lipinski definition) is 0. The Morgan fingerprint density at radius 1 is 1.38 bits per heavy atom. The van der Waals surface area contributed by atoms with Crippen LogP contribution in [0.1, 0.15) is 13.3 Å². The van der Waals surface area contributed by atoms with Crippen LogP contribution in [0.5, 0.6) is 0 Å². The van der Waals surface area contributed by atoms with E-state index >= 15 is 0 Å². The summed E-state index contributed by atoms with van der Waals surface area (Å²) in [6.45, 7) is 1.56. The zero-order valence-electron chi connectivity index (χ0n) is 7.70. The molecule has 0 aromatic carbocycles. The van der Waals surface area contributed by atoms with Gasteiger partial charge in [-0.25, -0.2) is 0 Å². The summed E-state index contributed by atoms with van der Waals surface area (Å²) < 4.78 is 26.0. The molecule has 74 valence electrons. The van der Waals surface area contributed by atoms with Crippen molar-refractivity contribution in [1.29, 1.82) is 0 Å². The van der Waals surface area contributed by atoms with Crippen molar-refractivity contribution in [1.82, 2.24) is 0 Å². The van der Waals surface area contributed by atoms with E-state index < -0.39 is 13.6 Å². The quantitative estimate of drug-likeness (QED) is 0.519. The summed E-state index contributed by atoms with van der Waals surface area (Å²) in [5.74, 6) is -0.112. The van der Waals surface area contributed by atoms with Crippen molar-refractivity contribution in [2.45, 2.75) is 13.3 Å². The molecule has 0 aromatic rings. The lowest BCUT2D eigenvalue weighted by molar-refractivity contribution is -0.136. The van der Waals surface area contributed by atoms with Crippen molar-refractivity contribution < 1.29 is 23.1 Å². The van der Waals surface area contributed by atoms with Gasteiger partial charge < -0.3 is 13.8 Å². The van der Waals surface area contributed by atoms with Gasteiger partial charge in [0.2, 0.25) is 0 Å². The Balaban J connectivity index is 3.00. The molecular formula is C7H11O5P. The summed E-state index contributed by atoms with van der Waals surface area (Å²) in [7, 11) is -0.746. The van der Waals surface area contributed by atoms with Crippen LogP contribution >= 0.6 is 7.60 Å². The monoisotopic (exact) mass is 206 g/mol. The molecule has 0 spiro atoms. The Bertz CT molecular complexity index is 298. The molecule has 0 aromatic heterocycles. The number of esters is 1. The molecule has 1 aliphatic rings. The van der Waals surface area contributed by atoms with Crippen LogP contribution < -0.4 is 0 Å². The molecular weight excluding hydrogens is 195 g/mol. The standard InChI is InChI=1S/C7H11O5P/c1-5-6(4-7(8)12-5)13(9,10-2)11-3/h4H2,1-3H3. The van der Waals surface area contributed by atoms with Crippen LogP contribution in [-0.2, 0) is 23.1 Å². The molecule has 6 heteroatoms. The predicted octanol–water partition coefficient (Wildman–Crippen LogP) is 1.65. The van der Waals surface area contributed by atoms with Crippen LogP contribution in [0, 0.1) is 0 Å². The zero-order valence-corrected chi connectivity index (χ0v) is 8.59. The normalized spacial score (nSPS) is 17.9. The second-order valence-electron chi connectivity index (χ2n) is 2.52. The fraction of sp³-hybridized carbons (Fsp3) is 0.571. The average molecular weight is 206 g/mol. The maximum absolute atomic E-state index is 11.8. The molecule has 0 bridgehead atoms. The number of rotatable bonds is 3. The molecule has 0 atom stereocenters. The van der Waals surface area contributed by atoms with Crippen molar-refractivity contribution in [3.63, 3.8) is 0 Å². The molecule has 13 heavy (non-hydrogen) atoms. The lowest BCUT2D eigenvalue weighted by atomic mass is 10.4. The number of cyclic esters (lactones) is 1. The van der Waals surface area contributed by atoms with E-state index in [1.807, 2.05) is 0 Å². The smallest absolute Gasteiger partial charge is 0.360 e. The number of allylic oxidation sites excluding steroid dienone is 1. The maximum atomic E-state index is 11.8. The largest absolute Gasteiger partial charge is 0.430 e. The van der Waals surface area contributed by atoms with Crippen LogP contribution in [0.2, 0.25) is 0 Å². The highest BCUT2D eigenvalue weighted by atomic mass is 31.2. The average Bonchev–Trinajstić information content (AvgIpc) is 2.44. The van der Waals surface area contributed by atoms with Crippen LogP contribution in [0.3, 0.4) is 0 Å².